The maximum Gasteiger partial charge on any atom is 0.311 e. The quantitative estimate of drug-likeness (QED) is 0.306. The molecule has 0 atom stereocenters. The molecule has 0 N–H and O–H groups in total. The second-order valence-corrected chi connectivity index (χ2v) is 8.06. The number of allylic oxidation sites excluding steroid dienone is 1. The molecular formula is C27H29NO2. The van der Waals surface area contributed by atoms with E-state index in [-0.39, 0.29) is 5.97 Å². The molecule has 0 aliphatic carbocycles. The summed E-state index contributed by atoms with van der Waals surface area (Å²) in [4.78, 5) is 16.8. The van der Waals surface area contributed by atoms with Gasteiger partial charge >= 0.3 is 5.97 Å². The lowest BCUT2D eigenvalue weighted by Gasteiger charge is -2.22. The van der Waals surface area contributed by atoms with Gasteiger partial charge in [0.05, 0.1) is 5.41 Å². The van der Waals surface area contributed by atoms with Gasteiger partial charge in [0.2, 0.25) is 0 Å². The maximum atomic E-state index is 12.6. The van der Waals surface area contributed by atoms with Crippen LogP contribution < -0.4 is 0 Å². The number of esters is 1. The Bertz CT molecular complexity index is 906. The normalized spacial score (nSPS) is 11.9. The van der Waals surface area contributed by atoms with E-state index in [1.54, 1.807) is 6.20 Å². The van der Waals surface area contributed by atoms with E-state index in [0.29, 0.717) is 6.61 Å². The molecule has 0 fully saturated rings. The standard InChI is InChI=1S/C27H29NO2/c1-27(2,26(29)30-21-22-12-5-3-6-13-22)18-10-9-17-25(23-14-7-4-8-15-23)24-16-11-19-28-20-24/h3-8,11-17,19-20H,9-10,18,21H2,1-2H3. The highest BCUT2D eigenvalue weighted by Gasteiger charge is 2.28. The first kappa shape index (κ1) is 21.5. The van der Waals surface area contributed by atoms with Crippen molar-refractivity contribution < 1.29 is 9.53 Å². The molecule has 0 radical (unpaired) electrons. The van der Waals surface area contributed by atoms with Gasteiger partial charge in [0.25, 0.3) is 0 Å². The van der Waals surface area contributed by atoms with E-state index >= 15 is 0 Å². The molecule has 0 unspecified atom stereocenters. The van der Waals surface area contributed by atoms with Gasteiger partial charge in [0, 0.05) is 18.0 Å². The molecule has 3 nitrogen and oxygen atoms in total. The molecular weight excluding hydrogens is 370 g/mol. The number of carbonyl (C=O) groups is 1. The number of ether oxygens (including phenoxy) is 1. The molecule has 0 spiro atoms. The molecule has 1 heterocycles. The van der Waals surface area contributed by atoms with Gasteiger partial charge in [-0.1, -0.05) is 72.8 Å². The number of benzene rings is 2. The largest absolute Gasteiger partial charge is 0.460 e. The van der Waals surface area contributed by atoms with Crippen LogP contribution in [0, 0.1) is 5.41 Å². The summed E-state index contributed by atoms with van der Waals surface area (Å²) < 4.78 is 5.55. The number of hydrogen-bond donors (Lipinski definition) is 0. The fraction of sp³-hybridized carbons (Fsp3) is 0.259. The second kappa shape index (κ2) is 10.5. The highest BCUT2D eigenvalue weighted by Crippen LogP contribution is 2.28. The van der Waals surface area contributed by atoms with Crippen LogP contribution in [-0.4, -0.2) is 11.0 Å². The zero-order valence-corrected chi connectivity index (χ0v) is 17.8. The lowest BCUT2D eigenvalue weighted by atomic mass is 9.87. The van der Waals surface area contributed by atoms with Crippen molar-refractivity contribution in [3.63, 3.8) is 0 Å². The third kappa shape index (κ3) is 6.15. The van der Waals surface area contributed by atoms with E-state index in [0.717, 1.165) is 30.4 Å². The molecule has 0 amide bonds. The van der Waals surface area contributed by atoms with Crippen molar-refractivity contribution in [1.82, 2.24) is 4.98 Å². The van der Waals surface area contributed by atoms with Crippen molar-refractivity contribution in [2.45, 2.75) is 39.7 Å². The van der Waals surface area contributed by atoms with E-state index in [1.807, 2.05) is 74.6 Å². The minimum atomic E-state index is -0.510. The summed E-state index contributed by atoms with van der Waals surface area (Å²) in [5, 5.41) is 0. The molecule has 0 aliphatic rings. The summed E-state index contributed by atoms with van der Waals surface area (Å²) in [5.41, 5.74) is 3.95. The highest BCUT2D eigenvalue weighted by atomic mass is 16.5. The third-order valence-electron chi connectivity index (χ3n) is 5.18. The van der Waals surface area contributed by atoms with Crippen molar-refractivity contribution in [3.05, 3.63) is 108 Å². The van der Waals surface area contributed by atoms with Crippen LogP contribution in [0.2, 0.25) is 0 Å². The summed E-state index contributed by atoms with van der Waals surface area (Å²) in [6.45, 7) is 4.24. The molecule has 0 bridgehead atoms. The summed E-state index contributed by atoms with van der Waals surface area (Å²) >= 11 is 0. The van der Waals surface area contributed by atoms with E-state index in [9.17, 15) is 4.79 Å². The lowest BCUT2D eigenvalue weighted by molar-refractivity contribution is -0.155. The maximum absolute atomic E-state index is 12.6. The molecule has 2 aromatic carbocycles. The Labute approximate surface area is 179 Å². The fourth-order valence-corrected chi connectivity index (χ4v) is 3.35. The van der Waals surface area contributed by atoms with E-state index in [4.69, 9.17) is 4.74 Å². The molecule has 30 heavy (non-hydrogen) atoms. The number of unbranched alkanes of at least 4 members (excludes halogenated alkanes) is 1. The monoisotopic (exact) mass is 399 g/mol. The van der Waals surface area contributed by atoms with Gasteiger partial charge in [-0.25, -0.2) is 0 Å². The van der Waals surface area contributed by atoms with Gasteiger partial charge in [0.1, 0.15) is 6.61 Å². The van der Waals surface area contributed by atoms with Crippen molar-refractivity contribution in [3.8, 4) is 0 Å². The number of aromatic nitrogens is 1. The second-order valence-electron chi connectivity index (χ2n) is 8.06. The molecule has 0 aliphatic heterocycles. The average Bonchev–Trinajstić information content (AvgIpc) is 2.79. The predicted octanol–water partition coefficient (Wildman–Crippen LogP) is 6.45. The van der Waals surface area contributed by atoms with Gasteiger partial charge < -0.3 is 4.74 Å². The Balaban J connectivity index is 1.58. The van der Waals surface area contributed by atoms with Crippen LogP contribution in [-0.2, 0) is 16.1 Å². The van der Waals surface area contributed by atoms with Crippen LogP contribution in [0.25, 0.3) is 5.57 Å². The van der Waals surface area contributed by atoms with Crippen LogP contribution in [0.5, 0.6) is 0 Å². The first-order valence-electron chi connectivity index (χ1n) is 10.4. The number of hydrogen-bond acceptors (Lipinski definition) is 3. The van der Waals surface area contributed by atoms with E-state index in [1.165, 1.54) is 11.1 Å². The Morgan fingerprint density at radius 1 is 0.933 bits per heavy atom. The molecule has 154 valence electrons. The number of rotatable bonds is 9. The third-order valence-corrected chi connectivity index (χ3v) is 5.18. The fourth-order valence-electron chi connectivity index (χ4n) is 3.35. The summed E-state index contributed by atoms with van der Waals surface area (Å²) in [5.74, 6) is -0.147. The lowest BCUT2D eigenvalue weighted by Crippen LogP contribution is -2.26. The Morgan fingerprint density at radius 3 is 2.27 bits per heavy atom. The Morgan fingerprint density at radius 2 is 1.60 bits per heavy atom. The van der Waals surface area contributed by atoms with Gasteiger partial charge in [-0.2, -0.15) is 0 Å². The van der Waals surface area contributed by atoms with E-state index in [2.05, 4.69) is 29.3 Å². The SMILES string of the molecule is CC(C)(CCCC=C(c1ccccc1)c1cccnc1)C(=O)OCc1ccccc1. The minimum Gasteiger partial charge on any atom is -0.460 e. The molecule has 3 aromatic rings. The smallest absolute Gasteiger partial charge is 0.311 e. The van der Waals surface area contributed by atoms with Crippen molar-refractivity contribution in [2.24, 2.45) is 5.41 Å². The van der Waals surface area contributed by atoms with Crippen LogP contribution in [0.15, 0.2) is 91.3 Å². The van der Waals surface area contributed by atoms with Crippen LogP contribution >= 0.6 is 0 Å². The first-order chi connectivity index (χ1) is 14.6. The minimum absolute atomic E-state index is 0.147. The molecule has 3 rings (SSSR count). The van der Waals surface area contributed by atoms with Crippen LogP contribution in [0.3, 0.4) is 0 Å². The number of nitrogens with zero attached hydrogens (tertiary/aromatic N) is 1. The summed E-state index contributed by atoms with van der Waals surface area (Å²) in [6, 6.07) is 24.2. The Hall–Kier alpha value is -3.20. The van der Waals surface area contributed by atoms with Crippen LogP contribution in [0.1, 0.15) is 49.8 Å². The number of carbonyl (C=O) groups excluding carboxylic acids is 1. The zero-order chi connectivity index (χ0) is 21.2. The van der Waals surface area contributed by atoms with Crippen molar-refractivity contribution in [1.29, 1.82) is 0 Å². The predicted molar refractivity (Wildman–Crippen MR) is 122 cm³/mol. The van der Waals surface area contributed by atoms with Gasteiger partial charge in [0.15, 0.2) is 0 Å². The summed E-state index contributed by atoms with van der Waals surface area (Å²) in [6.07, 6.45) is 8.49. The molecule has 0 saturated heterocycles. The van der Waals surface area contributed by atoms with Crippen molar-refractivity contribution in [2.75, 3.05) is 0 Å². The number of pyridine rings is 1. The van der Waals surface area contributed by atoms with Crippen molar-refractivity contribution >= 4 is 11.5 Å². The topological polar surface area (TPSA) is 39.2 Å². The van der Waals surface area contributed by atoms with Gasteiger partial charge in [-0.15, -0.1) is 0 Å². The van der Waals surface area contributed by atoms with Gasteiger partial charge in [-0.05, 0) is 55.9 Å². The molecule has 1 aromatic heterocycles. The highest BCUT2D eigenvalue weighted by molar-refractivity contribution is 5.79. The summed E-state index contributed by atoms with van der Waals surface area (Å²) in [7, 11) is 0. The Kier molecular flexibility index (Phi) is 7.56. The van der Waals surface area contributed by atoms with Crippen LogP contribution in [0.4, 0.5) is 0 Å². The first-order valence-corrected chi connectivity index (χ1v) is 10.4. The zero-order valence-electron chi connectivity index (χ0n) is 17.8. The molecule has 0 saturated carbocycles. The molecule has 3 heteroatoms. The van der Waals surface area contributed by atoms with E-state index < -0.39 is 5.41 Å². The average molecular weight is 400 g/mol. The van der Waals surface area contributed by atoms with Gasteiger partial charge in [-0.3, -0.25) is 9.78 Å².